The second-order valence-corrected chi connectivity index (χ2v) is 10.8. The monoisotopic (exact) mass is 665 g/mol. The lowest BCUT2D eigenvalue weighted by atomic mass is 10.3. The van der Waals surface area contributed by atoms with Gasteiger partial charge in [-0.05, 0) is 57.2 Å². The van der Waals surface area contributed by atoms with Gasteiger partial charge in [-0.2, -0.15) is 0 Å². The van der Waals surface area contributed by atoms with Crippen LogP contribution < -0.4 is 14.7 Å². The van der Waals surface area contributed by atoms with Crippen LogP contribution >= 0.6 is 0 Å². The van der Waals surface area contributed by atoms with E-state index in [1.54, 1.807) is 93.6 Å². The molecule has 9 heteroatoms. The molecule has 0 spiro atoms. The number of benzene rings is 3. The van der Waals surface area contributed by atoms with Crippen molar-refractivity contribution in [1.29, 1.82) is 0 Å². The Labute approximate surface area is 290 Å². The third-order valence-electron chi connectivity index (χ3n) is 6.35. The Morgan fingerprint density at radius 3 is 0.714 bits per heavy atom. The fraction of sp³-hybridized carbons (Fsp3) is 0.250. The van der Waals surface area contributed by atoms with Gasteiger partial charge >= 0.3 is 0 Å². The zero-order valence-electron chi connectivity index (χ0n) is 28.6. The number of amides is 6. The SMILES string of the molecule is C.CC1=CC(=O)N(c2ccccc2)C1=O.CC1=CC(=O)N(c2ccccc2)C1=O.CC1=CC(=O)N(c2ccccc2)C1=O.CCC.CCC. The fourth-order valence-corrected chi connectivity index (χ4v) is 4.23. The normalized spacial score (nSPS) is 14.5. The van der Waals surface area contributed by atoms with Gasteiger partial charge in [-0.3, -0.25) is 28.8 Å². The number of carbonyl (C=O) groups is 6. The average Bonchev–Trinajstić information content (AvgIpc) is 3.60. The van der Waals surface area contributed by atoms with Crippen molar-refractivity contribution in [3.63, 3.8) is 0 Å². The smallest absolute Gasteiger partial charge is 0.261 e. The highest BCUT2D eigenvalue weighted by atomic mass is 16.2. The summed E-state index contributed by atoms with van der Waals surface area (Å²) in [5.41, 5.74) is 3.32. The number of hydrogen-bond acceptors (Lipinski definition) is 6. The van der Waals surface area contributed by atoms with Gasteiger partial charge in [0.1, 0.15) is 0 Å². The van der Waals surface area contributed by atoms with Crippen LogP contribution in [0.3, 0.4) is 0 Å². The van der Waals surface area contributed by atoms with E-state index in [2.05, 4.69) is 27.7 Å². The first-order valence-corrected chi connectivity index (χ1v) is 15.8. The molecule has 3 aromatic rings. The quantitative estimate of drug-likeness (QED) is 0.262. The van der Waals surface area contributed by atoms with E-state index in [9.17, 15) is 28.8 Å². The molecule has 0 bridgehead atoms. The zero-order chi connectivity index (χ0) is 35.8. The van der Waals surface area contributed by atoms with Crippen molar-refractivity contribution in [3.8, 4) is 0 Å². The summed E-state index contributed by atoms with van der Waals surface area (Å²) in [6.45, 7) is 13.4. The van der Waals surface area contributed by atoms with Crippen LogP contribution in [0.5, 0.6) is 0 Å². The molecule has 0 aliphatic carbocycles. The van der Waals surface area contributed by atoms with Crippen molar-refractivity contribution < 1.29 is 28.8 Å². The van der Waals surface area contributed by atoms with E-state index in [4.69, 9.17) is 0 Å². The van der Waals surface area contributed by atoms with Crippen molar-refractivity contribution in [2.24, 2.45) is 0 Å². The van der Waals surface area contributed by atoms with E-state index in [0.29, 0.717) is 33.8 Å². The molecule has 3 aromatic carbocycles. The van der Waals surface area contributed by atoms with Gasteiger partial charge in [0, 0.05) is 34.9 Å². The van der Waals surface area contributed by atoms with Gasteiger partial charge in [-0.25, -0.2) is 14.7 Å². The van der Waals surface area contributed by atoms with E-state index in [-0.39, 0.29) is 42.9 Å². The largest absolute Gasteiger partial charge is 0.269 e. The summed E-state index contributed by atoms with van der Waals surface area (Å²) < 4.78 is 0. The molecular formula is C40H47N3O6. The van der Waals surface area contributed by atoms with Crippen molar-refractivity contribution in [1.82, 2.24) is 0 Å². The Morgan fingerprint density at radius 2 is 0.571 bits per heavy atom. The number of rotatable bonds is 3. The Bertz CT molecular complexity index is 1490. The molecule has 3 aliphatic heterocycles. The number of hydrogen-bond donors (Lipinski definition) is 0. The molecular weight excluding hydrogens is 618 g/mol. The number of carbonyl (C=O) groups excluding carboxylic acids is 6. The molecule has 0 aromatic heterocycles. The summed E-state index contributed by atoms with van der Waals surface area (Å²) >= 11 is 0. The van der Waals surface area contributed by atoms with E-state index in [1.807, 2.05) is 18.2 Å². The van der Waals surface area contributed by atoms with E-state index >= 15 is 0 Å². The average molecular weight is 666 g/mol. The first kappa shape index (κ1) is 41.3. The van der Waals surface area contributed by atoms with Crippen LogP contribution in [0.15, 0.2) is 126 Å². The molecule has 6 rings (SSSR count). The highest BCUT2D eigenvalue weighted by Crippen LogP contribution is 2.23. The van der Waals surface area contributed by atoms with Gasteiger partial charge in [0.25, 0.3) is 35.4 Å². The van der Waals surface area contributed by atoms with Gasteiger partial charge in [0.2, 0.25) is 0 Å². The minimum atomic E-state index is -0.265. The first-order chi connectivity index (χ1) is 22.9. The Balaban J connectivity index is 0.000000336. The summed E-state index contributed by atoms with van der Waals surface area (Å²) in [6, 6.07) is 26.7. The second-order valence-electron chi connectivity index (χ2n) is 10.8. The highest BCUT2D eigenvalue weighted by molar-refractivity contribution is 6.31. The minimum absolute atomic E-state index is 0. The summed E-state index contributed by atoms with van der Waals surface area (Å²) in [6.07, 6.45) is 6.57. The van der Waals surface area contributed by atoms with Gasteiger partial charge in [-0.15, -0.1) is 0 Å². The topological polar surface area (TPSA) is 112 Å². The number of para-hydroxylation sites is 3. The van der Waals surface area contributed by atoms with Crippen molar-refractivity contribution >= 4 is 52.5 Å². The molecule has 0 saturated heterocycles. The van der Waals surface area contributed by atoms with Crippen LogP contribution in [0.4, 0.5) is 17.1 Å². The lowest BCUT2D eigenvalue weighted by Gasteiger charge is -2.13. The van der Waals surface area contributed by atoms with E-state index in [0.717, 1.165) is 0 Å². The van der Waals surface area contributed by atoms with E-state index in [1.165, 1.54) is 45.8 Å². The van der Waals surface area contributed by atoms with Gasteiger partial charge in [0.15, 0.2) is 0 Å². The van der Waals surface area contributed by atoms with Crippen LogP contribution in [0, 0.1) is 0 Å². The Kier molecular flexibility index (Phi) is 17.3. The molecule has 3 aliphatic rings. The van der Waals surface area contributed by atoms with Crippen LogP contribution in [0.2, 0.25) is 0 Å². The molecule has 0 saturated carbocycles. The van der Waals surface area contributed by atoms with Crippen molar-refractivity contribution in [2.75, 3.05) is 14.7 Å². The number of imide groups is 3. The predicted octanol–water partition coefficient (Wildman–Crippen LogP) is 7.99. The van der Waals surface area contributed by atoms with Crippen molar-refractivity contribution in [2.45, 2.75) is 68.7 Å². The predicted molar refractivity (Wildman–Crippen MR) is 197 cm³/mol. The molecule has 0 fully saturated rings. The summed E-state index contributed by atoms with van der Waals surface area (Å²) in [5, 5.41) is 0. The standard InChI is InChI=1S/3C11H9NO2.2C3H8.CH4/c3*1-8-7-10(13)12(11(8)14)9-5-3-2-4-6-9;2*1-3-2;/h3*2-7H,1H3;2*3H2,1-2H3;1H4. The fourth-order valence-electron chi connectivity index (χ4n) is 4.23. The molecule has 0 unspecified atom stereocenters. The van der Waals surface area contributed by atoms with Crippen molar-refractivity contribution in [3.05, 3.63) is 126 Å². The van der Waals surface area contributed by atoms with Crippen LogP contribution in [-0.4, -0.2) is 35.4 Å². The Morgan fingerprint density at radius 1 is 0.388 bits per heavy atom. The number of nitrogens with zero attached hydrogens (tertiary/aromatic N) is 3. The van der Waals surface area contributed by atoms with Crippen LogP contribution in [0.1, 0.15) is 68.7 Å². The van der Waals surface area contributed by atoms with Gasteiger partial charge < -0.3 is 0 Å². The maximum atomic E-state index is 11.6. The summed E-state index contributed by atoms with van der Waals surface area (Å²) in [5.74, 6) is -1.50. The third-order valence-corrected chi connectivity index (χ3v) is 6.35. The molecule has 258 valence electrons. The summed E-state index contributed by atoms with van der Waals surface area (Å²) in [7, 11) is 0. The molecule has 9 nitrogen and oxygen atoms in total. The van der Waals surface area contributed by atoms with Gasteiger partial charge in [0.05, 0.1) is 17.1 Å². The third kappa shape index (κ3) is 11.2. The zero-order valence-corrected chi connectivity index (χ0v) is 28.6. The molecule has 0 N–H and O–H groups in total. The van der Waals surface area contributed by atoms with E-state index < -0.39 is 0 Å². The maximum Gasteiger partial charge on any atom is 0.261 e. The van der Waals surface area contributed by atoms with Crippen LogP contribution in [0.25, 0.3) is 0 Å². The van der Waals surface area contributed by atoms with Gasteiger partial charge in [-0.1, -0.05) is 103 Å². The maximum absolute atomic E-state index is 11.6. The molecule has 0 radical (unpaired) electrons. The highest BCUT2D eigenvalue weighted by Gasteiger charge is 2.31. The molecule has 6 amide bonds. The van der Waals surface area contributed by atoms with Crippen LogP contribution in [-0.2, 0) is 28.8 Å². The molecule has 0 atom stereocenters. The lowest BCUT2D eigenvalue weighted by molar-refractivity contribution is -0.121. The molecule has 49 heavy (non-hydrogen) atoms. The first-order valence-electron chi connectivity index (χ1n) is 15.8. The second kappa shape index (κ2) is 20.5. The molecule has 3 heterocycles. The number of anilines is 3. The Hall–Kier alpha value is -5.70. The minimum Gasteiger partial charge on any atom is -0.269 e. The summed E-state index contributed by atoms with van der Waals surface area (Å²) in [4.78, 5) is 72.5. The lowest BCUT2D eigenvalue weighted by Crippen LogP contribution is -2.30.